The van der Waals surface area contributed by atoms with Crippen LogP contribution in [0.25, 0.3) is 22.2 Å². The molecule has 174 valence electrons. The van der Waals surface area contributed by atoms with E-state index in [2.05, 4.69) is 35.8 Å². The zero-order valence-corrected chi connectivity index (χ0v) is 18.9. The third-order valence-corrected chi connectivity index (χ3v) is 5.67. The van der Waals surface area contributed by atoms with E-state index < -0.39 is 0 Å². The number of amides is 1. The van der Waals surface area contributed by atoms with Crippen LogP contribution in [0, 0.1) is 5.82 Å². The number of nitrogens with zero attached hydrogens (tertiary/aromatic N) is 4. The number of hydrogen-bond donors (Lipinski definition) is 3. The first-order chi connectivity index (χ1) is 17.1. The Kier molecular flexibility index (Phi) is 6.13. The molecule has 35 heavy (non-hydrogen) atoms. The first kappa shape index (κ1) is 22.1. The minimum absolute atomic E-state index is 0.192. The highest BCUT2D eigenvalue weighted by Gasteiger charge is 2.17. The van der Waals surface area contributed by atoms with E-state index in [1.165, 1.54) is 24.5 Å². The van der Waals surface area contributed by atoms with Crippen LogP contribution < -0.4 is 10.6 Å². The summed E-state index contributed by atoms with van der Waals surface area (Å²) in [4.78, 5) is 25.8. The fourth-order valence-electron chi connectivity index (χ4n) is 3.73. The van der Waals surface area contributed by atoms with Crippen molar-refractivity contribution < 1.29 is 9.18 Å². The standard InChI is InChI=1S/C26H22FN7O/c1-16(18-6-8-22(27)9-7-18)33-26(35)23-25(29-11-10-28-23)30-13-17-2-4-19(5-3-17)20-12-21-15-32-34-24(21)31-14-20/h2-12,14-16H,13H2,1H3,(H,29,30)(H,33,35)(H,31,32,34)/t16-/m0/s1. The summed E-state index contributed by atoms with van der Waals surface area (Å²) in [6.07, 6.45) is 6.57. The van der Waals surface area contributed by atoms with E-state index in [1.807, 2.05) is 43.5 Å². The van der Waals surface area contributed by atoms with Crippen molar-refractivity contribution in [3.63, 3.8) is 0 Å². The number of hydrogen-bond acceptors (Lipinski definition) is 6. The lowest BCUT2D eigenvalue weighted by Gasteiger charge is -2.15. The first-order valence-corrected chi connectivity index (χ1v) is 11.1. The van der Waals surface area contributed by atoms with E-state index in [0.29, 0.717) is 12.4 Å². The molecule has 0 saturated carbocycles. The fourth-order valence-corrected chi connectivity index (χ4v) is 3.73. The SMILES string of the molecule is C[C@H](NC(=O)c1nccnc1NCc1ccc(-c2cnc3[nH]ncc3c2)cc1)c1ccc(F)cc1. The smallest absolute Gasteiger partial charge is 0.274 e. The van der Waals surface area contributed by atoms with Crippen molar-refractivity contribution in [3.05, 3.63) is 102 Å². The molecule has 3 N–H and O–H groups in total. The van der Waals surface area contributed by atoms with Gasteiger partial charge in [0.05, 0.1) is 12.2 Å². The lowest BCUT2D eigenvalue weighted by atomic mass is 10.0. The topological polar surface area (TPSA) is 108 Å². The maximum absolute atomic E-state index is 13.2. The van der Waals surface area contributed by atoms with E-state index >= 15 is 0 Å². The van der Waals surface area contributed by atoms with Gasteiger partial charge in [-0.25, -0.2) is 19.3 Å². The average molecular weight is 468 g/mol. The van der Waals surface area contributed by atoms with E-state index in [0.717, 1.165) is 33.3 Å². The number of benzene rings is 2. The molecule has 0 saturated heterocycles. The maximum Gasteiger partial charge on any atom is 0.274 e. The number of carbonyl (C=O) groups is 1. The van der Waals surface area contributed by atoms with Gasteiger partial charge in [-0.1, -0.05) is 36.4 Å². The molecule has 0 unspecified atom stereocenters. The molecular weight excluding hydrogens is 445 g/mol. The summed E-state index contributed by atoms with van der Waals surface area (Å²) in [7, 11) is 0. The summed E-state index contributed by atoms with van der Waals surface area (Å²) in [6.45, 7) is 2.29. The number of fused-ring (bicyclic) bond motifs is 1. The molecule has 1 atom stereocenters. The van der Waals surface area contributed by atoms with Crippen molar-refractivity contribution in [3.8, 4) is 11.1 Å². The van der Waals surface area contributed by atoms with Crippen molar-refractivity contribution >= 4 is 22.8 Å². The monoisotopic (exact) mass is 467 g/mol. The third-order valence-electron chi connectivity index (χ3n) is 5.67. The predicted octanol–water partition coefficient (Wildman–Crippen LogP) is 4.66. The van der Waals surface area contributed by atoms with Gasteiger partial charge in [-0.2, -0.15) is 5.10 Å². The Morgan fingerprint density at radius 2 is 1.74 bits per heavy atom. The lowest BCUT2D eigenvalue weighted by Crippen LogP contribution is -2.28. The second kappa shape index (κ2) is 9.68. The minimum Gasteiger partial charge on any atom is -0.364 e. The van der Waals surface area contributed by atoms with Gasteiger partial charge < -0.3 is 10.6 Å². The van der Waals surface area contributed by atoms with Crippen LogP contribution in [0.2, 0.25) is 0 Å². The highest BCUT2D eigenvalue weighted by Crippen LogP contribution is 2.23. The number of H-pyrrole nitrogens is 1. The van der Waals surface area contributed by atoms with Gasteiger partial charge in [0.25, 0.3) is 5.91 Å². The molecule has 0 spiro atoms. The number of anilines is 1. The van der Waals surface area contributed by atoms with E-state index in [9.17, 15) is 9.18 Å². The quantitative estimate of drug-likeness (QED) is 0.321. The second-order valence-corrected chi connectivity index (χ2v) is 8.08. The molecule has 0 bridgehead atoms. The molecule has 0 aliphatic heterocycles. The maximum atomic E-state index is 13.2. The summed E-state index contributed by atoms with van der Waals surface area (Å²) in [6, 6.07) is 15.8. The predicted molar refractivity (Wildman–Crippen MR) is 131 cm³/mol. The Morgan fingerprint density at radius 3 is 2.54 bits per heavy atom. The molecule has 9 heteroatoms. The van der Waals surface area contributed by atoms with Gasteiger partial charge in [-0.3, -0.25) is 9.89 Å². The second-order valence-electron chi connectivity index (χ2n) is 8.08. The van der Waals surface area contributed by atoms with Crippen LogP contribution >= 0.6 is 0 Å². The number of aromatic nitrogens is 5. The Bertz CT molecular complexity index is 1470. The minimum atomic E-state index is -0.366. The summed E-state index contributed by atoms with van der Waals surface area (Å²) >= 11 is 0. The van der Waals surface area contributed by atoms with Crippen molar-refractivity contribution in [1.82, 2.24) is 30.5 Å². The van der Waals surface area contributed by atoms with Crippen molar-refractivity contribution in [1.29, 1.82) is 0 Å². The summed E-state index contributed by atoms with van der Waals surface area (Å²) in [5.41, 5.74) is 4.80. The Hall–Kier alpha value is -4.66. The highest BCUT2D eigenvalue weighted by atomic mass is 19.1. The van der Waals surface area contributed by atoms with Crippen molar-refractivity contribution in [2.45, 2.75) is 19.5 Å². The normalized spacial score (nSPS) is 11.8. The van der Waals surface area contributed by atoms with Gasteiger partial charge >= 0.3 is 0 Å². The van der Waals surface area contributed by atoms with Crippen LogP contribution in [0.1, 0.15) is 34.6 Å². The average Bonchev–Trinajstić information content (AvgIpc) is 3.36. The van der Waals surface area contributed by atoms with Gasteiger partial charge in [0.15, 0.2) is 17.2 Å². The number of aromatic amines is 1. The molecule has 1 amide bonds. The molecule has 3 aromatic heterocycles. The first-order valence-electron chi connectivity index (χ1n) is 11.1. The highest BCUT2D eigenvalue weighted by molar-refractivity contribution is 5.96. The van der Waals surface area contributed by atoms with E-state index in [1.54, 1.807) is 18.3 Å². The largest absolute Gasteiger partial charge is 0.364 e. The van der Waals surface area contributed by atoms with Crippen LogP contribution in [0.5, 0.6) is 0 Å². The number of nitrogens with one attached hydrogen (secondary N) is 3. The molecule has 5 aromatic rings. The molecule has 8 nitrogen and oxygen atoms in total. The van der Waals surface area contributed by atoms with E-state index in [4.69, 9.17) is 0 Å². The zero-order valence-electron chi connectivity index (χ0n) is 18.9. The molecule has 3 heterocycles. The van der Waals surface area contributed by atoms with Gasteiger partial charge in [0.1, 0.15) is 5.82 Å². The van der Waals surface area contributed by atoms with Crippen LogP contribution in [-0.2, 0) is 6.54 Å². The molecular formula is C26H22FN7O. The molecule has 5 rings (SSSR count). The number of pyridine rings is 1. The van der Waals surface area contributed by atoms with Gasteiger partial charge in [-0.05, 0) is 41.8 Å². The Morgan fingerprint density at radius 1 is 0.971 bits per heavy atom. The molecule has 0 aliphatic rings. The summed E-state index contributed by atoms with van der Waals surface area (Å²) in [5, 5.41) is 13.9. The zero-order chi connectivity index (χ0) is 24.2. The number of rotatable bonds is 7. The summed E-state index contributed by atoms with van der Waals surface area (Å²) in [5.74, 6) is -0.304. The van der Waals surface area contributed by atoms with Crippen LogP contribution in [0.15, 0.2) is 79.4 Å². The Labute approximate surface area is 200 Å². The number of carbonyl (C=O) groups excluding carboxylic acids is 1. The number of halogens is 1. The van der Waals surface area contributed by atoms with Crippen LogP contribution in [-0.4, -0.2) is 31.1 Å². The molecule has 0 aliphatic carbocycles. The fraction of sp³-hybridized carbons (Fsp3) is 0.115. The Balaban J connectivity index is 1.25. The molecule has 0 fully saturated rings. The van der Waals surface area contributed by atoms with E-state index in [-0.39, 0.29) is 23.5 Å². The van der Waals surface area contributed by atoms with Crippen molar-refractivity contribution in [2.75, 3.05) is 5.32 Å². The third kappa shape index (κ3) is 4.98. The molecule has 2 aromatic carbocycles. The lowest BCUT2D eigenvalue weighted by molar-refractivity contribution is 0.0935. The van der Waals surface area contributed by atoms with Gasteiger partial charge in [-0.15, -0.1) is 0 Å². The van der Waals surface area contributed by atoms with Crippen molar-refractivity contribution in [2.24, 2.45) is 0 Å². The van der Waals surface area contributed by atoms with Crippen LogP contribution in [0.4, 0.5) is 10.2 Å². The molecule has 0 radical (unpaired) electrons. The van der Waals surface area contributed by atoms with Crippen LogP contribution in [0.3, 0.4) is 0 Å². The van der Waals surface area contributed by atoms with Gasteiger partial charge in [0.2, 0.25) is 0 Å². The summed E-state index contributed by atoms with van der Waals surface area (Å²) < 4.78 is 13.2. The van der Waals surface area contributed by atoms with Gasteiger partial charge in [0, 0.05) is 36.1 Å².